The molecule has 3 heterocycles. The first-order valence-corrected chi connectivity index (χ1v) is 8.17. The maximum absolute atomic E-state index is 12.5. The van der Waals surface area contributed by atoms with Crippen LogP contribution in [0.15, 0.2) is 34.2 Å². The molecule has 1 unspecified atom stereocenters. The van der Waals surface area contributed by atoms with Gasteiger partial charge in [0.15, 0.2) is 0 Å². The summed E-state index contributed by atoms with van der Waals surface area (Å²) in [5.74, 6) is 0.901. The lowest BCUT2D eigenvalue weighted by molar-refractivity contribution is -0.133. The van der Waals surface area contributed by atoms with E-state index in [0.29, 0.717) is 13.1 Å². The molecule has 1 fully saturated rings. The van der Waals surface area contributed by atoms with Gasteiger partial charge in [0, 0.05) is 44.2 Å². The standard InChI is InChI=1S/C16H21N5O3/c1-2-13-17-6-9-21(13)12-4-3-7-19(10-12)15(23)11-20-8-5-14(22)18-16(20)24/h5-6,8-9,12H,2-4,7,10-11H2,1H3,(H,18,22,24). The van der Waals surface area contributed by atoms with E-state index >= 15 is 0 Å². The fourth-order valence-electron chi connectivity index (χ4n) is 3.17. The van der Waals surface area contributed by atoms with Gasteiger partial charge in [0.2, 0.25) is 5.91 Å². The molecule has 1 atom stereocenters. The van der Waals surface area contributed by atoms with E-state index in [4.69, 9.17) is 0 Å². The molecule has 0 bridgehead atoms. The molecule has 128 valence electrons. The predicted molar refractivity (Wildman–Crippen MR) is 87.8 cm³/mol. The number of carbonyl (C=O) groups excluding carboxylic acids is 1. The van der Waals surface area contributed by atoms with Crippen molar-refractivity contribution in [2.75, 3.05) is 13.1 Å². The van der Waals surface area contributed by atoms with Crippen LogP contribution in [-0.2, 0) is 17.8 Å². The van der Waals surface area contributed by atoms with Gasteiger partial charge in [-0.1, -0.05) is 6.92 Å². The summed E-state index contributed by atoms with van der Waals surface area (Å²) in [6.07, 6.45) is 7.88. The number of rotatable bonds is 4. The van der Waals surface area contributed by atoms with Gasteiger partial charge in [0.25, 0.3) is 5.56 Å². The summed E-state index contributed by atoms with van der Waals surface area (Å²) in [6.45, 7) is 3.30. The van der Waals surface area contributed by atoms with Crippen molar-refractivity contribution in [1.82, 2.24) is 24.0 Å². The van der Waals surface area contributed by atoms with Crippen LogP contribution in [0.2, 0.25) is 0 Å². The minimum atomic E-state index is -0.563. The molecule has 2 aromatic heterocycles. The highest BCUT2D eigenvalue weighted by molar-refractivity contribution is 5.76. The molecular weight excluding hydrogens is 310 g/mol. The van der Waals surface area contributed by atoms with E-state index in [0.717, 1.165) is 25.1 Å². The monoisotopic (exact) mass is 331 g/mol. The van der Waals surface area contributed by atoms with Gasteiger partial charge in [-0.3, -0.25) is 19.1 Å². The molecule has 1 aliphatic heterocycles. The van der Waals surface area contributed by atoms with Gasteiger partial charge < -0.3 is 9.47 Å². The topological polar surface area (TPSA) is 93.0 Å². The van der Waals surface area contributed by atoms with E-state index in [-0.39, 0.29) is 18.5 Å². The van der Waals surface area contributed by atoms with E-state index in [9.17, 15) is 14.4 Å². The Labute approximate surface area is 138 Å². The first-order chi connectivity index (χ1) is 11.6. The highest BCUT2D eigenvalue weighted by Crippen LogP contribution is 2.23. The second kappa shape index (κ2) is 6.86. The summed E-state index contributed by atoms with van der Waals surface area (Å²) >= 11 is 0. The first-order valence-electron chi connectivity index (χ1n) is 8.17. The molecule has 1 N–H and O–H groups in total. The smallest absolute Gasteiger partial charge is 0.328 e. The Morgan fingerprint density at radius 2 is 2.21 bits per heavy atom. The molecule has 8 heteroatoms. The number of aryl methyl sites for hydroxylation is 1. The van der Waals surface area contributed by atoms with Crippen molar-refractivity contribution in [3.05, 3.63) is 51.3 Å². The Hall–Kier alpha value is -2.64. The van der Waals surface area contributed by atoms with Crippen LogP contribution in [0.3, 0.4) is 0 Å². The molecule has 1 amide bonds. The fraction of sp³-hybridized carbons (Fsp3) is 0.500. The SMILES string of the molecule is CCc1nccn1C1CCCN(C(=O)Cn2ccc(=O)[nH]c2=O)C1. The molecule has 0 spiro atoms. The van der Waals surface area contributed by atoms with Crippen LogP contribution in [0.1, 0.15) is 31.6 Å². The third-order valence-corrected chi connectivity index (χ3v) is 4.41. The summed E-state index contributed by atoms with van der Waals surface area (Å²) < 4.78 is 3.37. The zero-order valence-electron chi connectivity index (χ0n) is 13.6. The average Bonchev–Trinajstić information content (AvgIpc) is 3.06. The van der Waals surface area contributed by atoms with E-state index in [2.05, 4.69) is 21.5 Å². The maximum atomic E-state index is 12.5. The van der Waals surface area contributed by atoms with Crippen molar-refractivity contribution in [3.63, 3.8) is 0 Å². The molecule has 2 aromatic rings. The number of carbonyl (C=O) groups is 1. The number of aromatic nitrogens is 4. The van der Waals surface area contributed by atoms with Crippen LogP contribution in [0, 0.1) is 0 Å². The van der Waals surface area contributed by atoms with Gasteiger partial charge in [-0.15, -0.1) is 0 Å². The van der Waals surface area contributed by atoms with E-state index < -0.39 is 11.2 Å². The van der Waals surface area contributed by atoms with Crippen molar-refractivity contribution >= 4 is 5.91 Å². The summed E-state index contributed by atoms with van der Waals surface area (Å²) in [7, 11) is 0. The lowest BCUT2D eigenvalue weighted by Gasteiger charge is -2.34. The summed E-state index contributed by atoms with van der Waals surface area (Å²) in [5.41, 5.74) is -1.03. The summed E-state index contributed by atoms with van der Waals surface area (Å²) in [4.78, 5) is 43.6. The lowest BCUT2D eigenvalue weighted by Crippen LogP contribution is -2.44. The lowest BCUT2D eigenvalue weighted by atomic mass is 10.1. The Balaban J connectivity index is 1.71. The van der Waals surface area contributed by atoms with Gasteiger partial charge in [-0.05, 0) is 12.8 Å². The van der Waals surface area contributed by atoms with E-state index in [1.807, 2.05) is 6.20 Å². The normalized spacial score (nSPS) is 17.9. The van der Waals surface area contributed by atoms with Crippen molar-refractivity contribution < 1.29 is 4.79 Å². The molecular formula is C16H21N5O3. The number of H-pyrrole nitrogens is 1. The Kier molecular flexibility index (Phi) is 4.64. The highest BCUT2D eigenvalue weighted by atomic mass is 16.2. The molecule has 0 aromatic carbocycles. The molecule has 24 heavy (non-hydrogen) atoms. The van der Waals surface area contributed by atoms with Gasteiger partial charge in [0.1, 0.15) is 12.4 Å². The van der Waals surface area contributed by atoms with Crippen LogP contribution >= 0.6 is 0 Å². The van der Waals surface area contributed by atoms with Crippen LogP contribution in [0.5, 0.6) is 0 Å². The zero-order valence-corrected chi connectivity index (χ0v) is 13.6. The quantitative estimate of drug-likeness (QED) is 0.863. The summed E-state index contributed by atoms with van der Waals surface area (Å²) in [5, 5.41) is 0. The van der Waals surface area contributed by atoms with Crippen molar-refractivity contribution in [3.8, 4) is 0 Å². The molecule has 0 radical (unpaired) electrons. The molecule has 8 nitrogen and oxygen atoms in total. The zero-order chi connectivity index (χ0) is 17.1. The van der Waals surface area contributed by atoms with Gasteiger partial charge in [-0.25, -0.2) is 9.78 Å². The van der Waals surface area contributed by atoms with Crippen LogP contribution in [0.4, 0.5) is 0 Å². The Morgan fingerprint density at radius 1 is 1.38 bits per heavy atom. The first kappa shape index (κ1) is 16.2. The number of likely N-dealkylation sites (tertiary alicyclic amines) is 1. The largest absolute Gasteiger partial charge is 0.339 e. The Bertz CT molecular complexity index is 834. The van der Waals surface area contributed by atoms with Gasteiger partial charge >= 0.3 is 5.69 Å². The van der Waals surface area contributed by atoms with Crippen LogP contribution in [0.25, 0.3) is 0 Å². The predicted octanol–water partition coefficient (Wildman–Crippen LogP) is 0.159. The van der Waals surface area contributed by atoms with Gasteiger partial charge in [-0.2, -0.15) is 0 Å². The Morgan fingerprint density at radius 3 is 2.96 bits per heavy atom. The van der Waals surface area contributed by atoms with Crippen molar-refractivity contribution in [2.45, 2.75) is 38.8 Å². The fourth-order valence-corrected chi connectivity index (χ4v) is 3.17. The third-order valence-electron chi connectivity index (χ3n) is 4.41. The van der Waals surface area contributed by atoms with Crippen LogP contribution < -0.4 is 11.2 Å². The van der Waals surface area contributed by atoms with Crippen molar-refractivity contribution in [1.29, 1.82) is 0 Å². The molecule has 0 aliphatic carbocycles. The highest BCUT2D eigenvalue weighted by Gasteiger charge is 2.25. The second-order valence-corrected chi connectivity index (χ2v) is 5.98. The number of amides is 1. The number of nitrogens with one attached hydrogen (secondary N) is 1. The minimum Gasteiger partial charge on any atom is -0.339 e. The number of nitrogens with zero attached hydrogens (tertiary/aromatic N) is 4. The maximum Gasteiger partial charge on any atom is 0.328 e. The van der Waals surface area contributed by atoms with E-state index in [1.54, 1.807) is 11.1 Å². The minimum absolute atomic E-state index is 0.0626. The third kappa shape index (κ3) is 3.32. The molecule has 3 rings (SSSR count). The second-order valence-electron chi connectivity index (χ2n) is 5.98. The molecule has 1 aliphatic rings. The number of imidazole rings is 1. The number of hydrogen-bond acceptors (Lipinski definition) is 4. The van der Waals surface area contributed by atoms with Crippen molar-refractivity contribution in [2.24, 2.45) is 0 Å². The van der Waals surface area contributed by atoms with Gasteiger partial charge in [0.05, 0.1) is 6.04 Å². The molecule has 1 saturated heterocycles. The van der Waals surface area contributed by atoms with E-state index in [1.165, 1.54) is 16.8 Å². The number of hydrogen-bond donors (Lipinski definition) is 1. The average molecular weight is 331 g/mol. The summed E-state index contributed by atoms with van der Waals surface area (Å²) in [6, 6.07) is 1.46. The number of aromatic amines is 1. The molecule has 0 saturated carbocycles. The number of piperidine rings is 1. The van der Waals surface area contributed by atoms with Crippen LogP contribution in [-0.4, -0.2) is 43.0 Å².